The van der Waals surface area contributed by atoms with Crippen molar-refractivity contribution >= 4 is 17.9 Å². The fraction of sp³-hybridized carbons (Fsp3) is 0.909. The predicted molar refractivity (Wildman–Crippen MR) is 65.5 cm³/mol. The van der Waals surface area contributed by atoms with Crippen molar-refractivity contribution in [3.05, 3.63) is 0 Å². The molecule has 1 rings (SSSR count). The van der Waals surface area contributed by atoms with E-state index in [9.17, 15) is 9.90 Å². The quantitative estimate of drug-likeness (QED) is 0.770. The summed E-state index contributed by atoms with van der Waals surface area (Å²) >= 11 is 1.66. The molecule has 1 amide bonds. The molecule has 0 radical (unpaired) electrons. The Morgan fingerprint density at radius 2 is 2.12 bits per heavy atom. The number of aliphatic hydroxyl groups is 1. The summed E-state index contributed by atoms with van der Waals surface area (Å²) in [7, 11) is 0. The topological polar surface area (TPSA) is 49.8 Å². The molecule has 0 saturated carbocycles. The summed E-state index contributed by atoms with van der Waals surface area (Å²) in [6.45, 7) is 9.45. The minimum Gasteiger partial charge on any atom is -0.444 e. The molecule has 0 unspecified atom stereocenters. The van der Waals surface area contributed by atoms with Gasteiger partial charge < -0.3 is 9.84 Å². The zero-order chi connectivity index (χ0) is 12.6. The van der Waals surface area contributed by atoms with Crippen LogP contribution in [0.2, 0.25) is 0 Å². The predicted octanol–water partition coefficient (Wildman–Crippen LogP) is 2.07. The maximum atomic E-state index is 12.0. The third-order valence-electron chi connectivity index (χ3n) is 2.38. The maximum absolute atomic E-state index is 12.0. The Kier molecular flexibility index (Phi) is 3.80. The van der Waals surface area contributed by atoms with Crippen LogP contribution in [0.15, 0.2) is 0 Å². The van der Waals surface area contributed by atoms with E-state index in [1.54, 1.807) is 16.7 Å². The zero-order valence-electron chi connectivity index (χ0n) is 10.6. The normalized spacial score (nSPS) is 24.6. The van der Waals surface area contributed by atoms with E-state index in [0.717, 1.165) is 5.75 Å². The Labute approximate surface area is 101 Å². The molecule has 94 valence electrons. The van der Waals surface area contributed by atoms with Crippen molar-refractivity contribution in [2.24, 2.45) is 0 Å². The van der Waals surface area contributed by atoms with E-state index in [1.807, 2.05) is 34.6 Å². The average Bonchev–Trinajstić information content (AvgIpc) is 2.37. The second-order valence-corrected chi connectivity index (χ2v) is 7.07. The molecule has 1 aliphatic rings. The molecule has 1 atom stereocenters. The lowest BCUT2D eigenvalue weighted by molar-refractivity contribution is 0.00354. The van der Waals surface area contributed by atoms with Crippen LogP contribution < -0.4 is 0 Å². The molecular weight excluding hydrogens is 226 g/mol. The molecular formula is C11H21NO3S. The molecule has 1 fully saturated rings. The fourth-order valence-electron chi connectivity index (χ4n) is 1.70. The first-order valence-corrected chi connectivity index (χ1v) is 6.43. The molecule has 5 heteroatoms. The molecule has 16 heavy (non-hydrogen) atoms. The van der Waals surface area contributed by atoms with E-state index in [-0.39, 0.29) is 23.6 Å². The van der Waals surface area contributed by atoms with Gasteiger partial charge in [0.1, 0.15) is 5.60 Å². The summed E-state index contributed by atoms with van der Waals surface area (Å²) in [5.74, 6) is 0.753. The summed E-state index contributed by atoms with van der Waals surface area (Å²) in [6, 6.07) is -0.144. The molecule has 1 heterocycles. The maximum Gasteiger partial charge on any atom is 0.411 e. The Hall–Kier alpha value is -0.420. The van der Waals surface area contributed by atoms with Crippen LogP contribution in [0.4, 0.5) is 4.79 Å². The van der Waals surface area contributed by atoms with Crippen molar-refractivity contribution in [1.29, 1.82) is 0 Å². The molecule has 0 spiro atoms. The molecule has 0 aliphatic carbocycles. The average molecular weight is 247 g/mol. The Morgan fingerprint density at radius 3 is 2.56 bits per heavy atom. The number of thioether (sulfide) groups is 1. The second kappa shape index (κ2) is 4.45. The van der Waals surface area contributed by atoms with Crippen LogP contribution in [0.5, 0.6) is 0 Å². The highest BCUT2D eigenvalue weighted by Gasteiger charge is 2.44. The number of ether oxygens (including phenoxy) is 1. The van der Waals surface area contributed by atoms with Crippen molar-refractivity contribution in [3.63, 3.8) is 0 Å². The molecule has 1 aliphatic heterocycles. The second-order valence-electron chi connectivity index (χ2n) is 5.44. The van der Waals surface area contributed by atoms with Gasteiger partial charge in [0.15, 0.2) is 0 Å². The molecule has 1 N–H and O–H groups in total. The number of nitrogens with zero attached hydrogens (tertiary/aromatic N) is 1. The van der Waals surface area contributed by atoms with Gasteiger partial charge in [-0.15, -0.1) is 11.8 Å². The van der Waals surface area contributed by atoms with E-state index in [0.29, 0.717) is 0 Å². The van der Waals surface area contributed by atoms with Crippen molar-refractivity contribution < 1.29 is 14.6 Å². The number of rotatable bonds is 1. The van der Waals surface area contributed by atoms with Crippen LogP contribution in [0.1, 0.15) is 34.6 Å². The Bertz CT molecular complexity index is 273. The number of amides is 1. The molecule has 0 aromatic heterocycles. The SMILES string of the molecule is CC(C)(C)OC(=O)N1[C@H](CO)CSC1(C)C. The Balaban J connectivity index is 2.79. The summed E-state index contributed by atoms with van der Waals surface area (Å²) < 4.78 is 5.35. The van der Waals surface area contributed by atoms with E-state index >= 15 is 0 Å². The number of hydrogen-bond donors (Lipinski definition) is 1. The first kappa shape index (κ1) is 13.6. The minimum atomic E-state index is -0.500. The fourth-order valence-corrected chi connectivity index (χ4v) is 2.92. The first-order chi connectivity index (χ1) is 7.17. The summed E-state index contributed by atoms with van der Waals surface area (Å²) in [4.78, 5) is 13.4. The van der Waals surface area contributed by atoms with Gasteiger partial charge in [-0.1, -0.05) is 0 Å². The zero-order valence-corrected chi connectivity index (χ0v) is 11.4. The third-order valence-corrected chi connectivity index (χ3v) is 3.83. The summed E-state index contributed by atoms with van der Waals surface area (Å²) in [5.41, 5.74) is -0.500. The van der Waals surface area contributed by atoms with Gasteiger partial charge in [-0.25, -0.2) is 4.79 Å². The van der Waals surface area contributed by atoms with Crippen molar-refractivity contribution in [1.82, 2.24) is 4.90 Å². The third kappa shape index (κ3) is 3.04. The monoisotopic (exact) mass is 247 g/mol. The van der Waals surface area contributed by atoms with Crippen LogP contribution >= 0.6 is 11.8 Å². The van der Waals surface area contributed by atoms with Crippen LogP contribution in [0.3, 0.4) is 0 Å². The lowest BCUT2D eigenvalue weighted by Gasteiger charge is -2.35. The van der Waals surface area contributed by atoms with Gasteiger partial charge in [0, 0.05) is 5.75 Å². The van der Waals surface area contributed by atoms with Gasteiger partial charge in [-0.2, -0.15) is 0 Å². The van der Waals surface area contributed by atoms with Gasteiger partial charge in [-0.05, 0) is 34.6 Å². The van der Waals surface area contributed by atoms with Gasteiger partial charge in [0.05, 0.1) is 17.5 Å². The largest absolute Gasteiger partial charge is 0.444 e. The van der Waals surface area contributed by atoms with E-state index in [4.69, 9.17) is 4.74 Å². The molecule has 1 saturated heterocycles. The lowest BCUT2D eigenvalue weighted by Crippen LogP contribution is -2.49. The summed E-state index contributed by atoms with van der Waals surface area (Å²) in [5, 5.41) is 9.25. The van der Waals surface area contributed by atoms with Crippen LogP contribution in [0, 0.1) is 0 Å². The van der Waals surface area contributed by atoms with Gasteiger partial charge in [-0.3, -0.25) is 4.90 Å². The number of aliphatic hydroxyl groups excluding tert-OH is 1. The lowest BCUT2D eigenvalue weighted by atomic mass is 10.2. The highest BCUT2D eigenvalue weighted by atomic mass is 32.2. The van der Waals surface area contributed by atoms with Crippen molar-refractivity contribution in [3.8, 4) is 0 Å². The molecule has 0 bridgehead atoms. The highest BCUT2D eigenvalue weighted by Crippen LogP contribution is 2.39. The standard InChI is InChI=1S/C11H21NO3S/c1-10(2,3)15-9(14)12-8(6-13)7-16-11(12,4)5/h8,13H,6-7H2,1-5H3/t8-/m1/s1. The number of carbonyl (C=O) groups is 1. The number of carbonyl (C=O) groups excluding carboxylic acids is 1. The van der Waals surface area contributed by atoms with Crippen LogP contribution in [0.25, 0.3) is 0 Å². The molecule has 0 aromatic carbocycles. The molecule has 0 aromatic rings. The highest BCUT2D eigenvalue weighted by molar-refractivity contribution is 8.00. The van der Waals surface area contributed by atoms with Gasteiger partial charge >= 0.3 is 6.09 Å². The molecule has 4 nitrogen and oxygen atoms in total. The summed E-state index contributed by atoms with van der Waals surface area (Å²) in [6.07, 6.45) is -0.346. The van der Waals surface area contributed by atoms with Crippen molar-refractivity contribution in [2.75, 3.05) is 12.4 Å². The van der Waals surface area contributed by atoms with E-state index in [1.165, 1.54) is 0 Å². The number of hydrogen-bond acceptors (Lipinski definition) is 4. The van der Waals surface area contributed by atoms with Crippen LogP contribution in [-0.4, -0.2) is 45.0 Å². The smallest absolute Gasteiger partial charge is 0.411 e. The first-order valence-electron chi connectivity index (χ1n) is 5.44. The van der Waals surface area contributed by atoms with E-state index < -0.39 is 5.60 Å². The van der Waals surface area contributed by atoms with E-state index in [2.05, 4.69) is 0 Å². The van der Waals surface area contributed by atoms with Gasteiger partial charge in [0.2, 0.25) is 0 Å². The van der Waals surface area contributed by atoms with Crippen LogP contribution in [-0.2, 0) is 4.74 Å². The Morgan fingerprint density at radius 1 is 1.56 bits per heavy atom. The minimum absolute atomic E-state index is 0.0182. The van der Waals surface area contributed by atoms with Crippen molar-refractivity contribution in [2.45, 2.75) is 51.1 Å². The van der Waals surface area contributed by atoms with Gasteiger partial charge in [0.25, 0.3) is 0 Å².